The first kappa shape index (κ1) is 16.3. The lowest BCUT2D eigenvalue weighted by atomic mass is 10.1. The smallest absolute Gasteiger partial charge is 0.259 e. The van der Waals surface area contributed by atoms with Crippen LogP contribution in [0.2, 0.25) is 5.02 Å². The topological polar surface area (TPSA) is 46.9 Å². The summed E-state index contributed by atoms with van der Waals surface area (Å²) in [5, 5.41) is 7.96. The molecule has 4 nitrogen and oxygen atoms in total. The summed E-state index contributed by atoms with van der Waals surface area (Å²) in [5.41, 5.74) is 5.13. The molecule has 2 aromatic carbocycles. The molecule has 0 unspecified atom stereocenters. The van der Waals surface area contributed by atoms with Crippen molar-refractivity contribution in [3.63, 3.8) is 0 Å². The van der Waals surface area contributed by atoms with Crippen molar-refractivity contribution in [3.8, 4) is 5.69 Å². The zero-order valence-electron chi connectivity index (χ0n) is 13.8. The second kappa shape index (κ2) is 6.49. The van der Waals surface area contributed by atoms with E-state index in [0.717, 1.165) is 28.2 Å². The summed E-state index contributed by atoms with van der Waals surface area (Å²) in [6.45, 7) is 5.84. The summed E-state index contributed by atoms with van der Waals surface area (Å²) in [6.07, 6.45) is 1.59. The van der Waals surface area contributed by atoms with E-state index in [1.807, 2.05) is 51.1 Å². The van der Waals surface area contributed by atoms with E-state index in [-0.39, 0.29) is 5.91 Å². The molecule has 0 aliphatic carbocycles. The van der Waals surface area contributed by atoms with E-state index in [1.54, 1.807) is 23.0 Å². The molecule has 1 aromatic heterocycles. The van der Waals surface area contributed by atoms with Crippen molar-refractivity contribution < 1.29 is 4.79 Å². The van der Waals surface area contributed by atoms with Gasteiger partial charge in [0.25, 0.3) is 5.91 Å². The van der Waals surface area contributed by atoms with E-state index in [0.29, 0.717) is 10.6 Å². The molecule has 0 fully saturated rings. The lowest BCUT2D eigenvalue weighted by Crippen LogP contribution is -2.14. The molecule has 0 saturated carbocycles. The molecule has 0 aliphatic heterocycles. The highest BCUT2D eigenvalue weighted by atomic mass is 35.5. The number of amides is 1. The van der Waals surface area contributed by atoms with Crippen LogP contribution < -0.4 is 5.32 Å². The highest BCUT2D eigenvalue weighted by Gasteiger charge is 2.16. The van der Waals surface area contributed by atoms with E-state index < -0.39 is 0 Å². The van der Waals surface area contributed by atoms with Gasteiger partial charge in [-0.25, -0.2) is 4.68 Å². The molecule has 0 spiro atoms. The molecular weight excluding hydrogens is 322 g/mol. The number of hydrogen-bond donors (Lipinski definition) is 1. The highest BCUT2D eigenvalue weighted by molar-refractivity contribution is 6.30. The van der Waals surface area contributed by atoms with Crippen molar-refractivity contribution >= 4 is 23.2 Å². The minimum Gasteiger partial charge on any atom is -0.322 e. The van der Waals surface area contributed by atoms with Crippen LogP contribution in [0.5, 0.6) is 0 Å². The van der Waals surface area contributed by atoms with E-state index >= 15 is 0 Å². The molecule has 0 aliphatic rings. The predicted molar refractivity (Wildman–Crippen MR) is 97.2 cm³/mol. The zero-order chi connectivity index (χ0) is 17.3. The molecule has 0 saturated heterocycles. The monoisotopic (exact) mass is 339 g/mol. The number of anilines is 1. The Morgan fingerprint density at radius 2 is 1.79 bits per heavy atom. The fraction of sp³-hybridized carbons (Fsp3) is 0.158. The summed E-state index contributed by atoms with van der Waals surface area (Å²) in [4.78, 5) is 12.6. The van der Waals surface area contributed by atoms with Gasteiger partial charge in [0.15, 0.2) is 0 Å². The minimum atomic E-state index is -0.165. The fourth-order valence-electron chi connectivity index (χ4n) is 2.54. The number of carbonyl (C=O) groups excluding carboxylic acids is 1. The van der Waals surface area contributed by atoms with Gasteiger partial charge in [0.05, 0.1) is 23.1 Å². The number of hydrogen-bond acceptors (Lipinski definition) is 2. The first-order valence-electron chi connectivity index (χ1n) is 7.65. The molecule has 0 radical (unpaired) electrons. The van der Waals surface area contributed by atoms with E-state index in [9.17, 15) is 4.79 Å². The maximum Gasteiger partial charge on any atom is 0.259 e. The molecule has 3 aromatic rings. The maximum absolute atomic E-state index is 12.6. The molecule has 0 bridgehead atoms. The number of nitrogens with zero attached hydrogens (tertiary/aromatic N) is 2. The van der Waals surface area contributed by atoms with Crippen LogP contribution in [-0.2, 0) is 0 Å². The second-order valence-corrected chi connectivity index (χ2v) is 6.24. The van der Waals surface area contributed by atoms with Gasteiger partial charge in [-0.15, -0.1) is 0 Å². The van der Waals surface area contributed by atoms with Gasteiger partial charge >= 0.3 is 0 Å². The molecule has 3 rings (SSSR count). The highest BCUT2D eigenvalue weighted by Crippen LogP contribution is 2.20. The number of aryl methyl sites for hydroxylation is 2. The van der Waals surface area contributed by atoms with Crippen molar-refractivity contribution in [2.45, 2.75) is 20.8 Å². The Morgan fingerprint density at radius 3 is 2.50 bits per heavy atom. The number of aromatic nitrogens is 2. The normalized spacial score (nSPS) is 10.7. The van der Waals surface area contributed by atoms with Crippen molar-refractivity contribution in [2.75, 3.05) is 5.32 Å². The lowest BCUT2D eigenvalue weighted by Gasteiger charge is -2.09. The van der Waals surface area contributed by atoms with Crippen LogP contribution in [0, 0.1) is 20.8 Å². The summed E-state index contributed by atoms with van der Waals surface area (Å²) >= 11 is 5.92. The van der Waals surface area contributed by atoms with E-state index in [4.69, 9.17) is 11.6 Å². The number of benzene rings is 2. The van der Waals surface area contributed by atoms with Crippen LogP contribution in [0.3, 0.4) is 0 Å². The molecular formula is C19H18ClN3O. The van der Waals surface area contributed by atoms with Crippen molar-refractivity contribution in [1.82, 2.24) is 9.78 Å². The SMILES string of the molecule is Cc1ccc(C)c(NC(=O)c2cnn(-c3ccc(Cl)cc3)c2C)c1. The van der Waals surface area contributed by atoms with Crippen molar-refractivity contribution in [2.24, 2.45) is 0 Å². The molecule has 1 amide bonds. The fourth-order valence-corrected chi connectivity index (χ4v) is 2.66. The molecule has 24 heavy (non-hydrogen) atoms. The third-order valence-electron chi connectivity index (χ3n) is 3.97. The molecule has 0 atom stereocenters. The van der Waals surface area contributed by atoms with Crippen LogP contribution in [0.1, 0.15) is 27.2 Å². The van der Waals surface area contributed by atoms with Gasteiger partial charge in [-0.05, 0) is 62.2 Å². The standard InChI is InChI=1S/C19H18ClN3O/c1-12-4-5-13(2)18(10-12)22-19(24)17-11-21-23(14(17)3)16-8-6-15(20)7-9-16/h4-11H,1-3H3,(H,22,24). The maximum atomic E-state index is 12.6. The predicted octanol–water partition coefficient (Wildman–Crippen LogP) is 4.70. The van der Waals surface area contributed by atoms with Gasteiger partial charge in [0.1, 0.15) is 0 Å². The van der Waals surface area contributed by atoms with Crippen LogP contribution in [0.25, 0.3) is 5.69 Å². The van der Waals surface area contributed by atoms with Crippen LogP contribution in [0.15, 0.2) is 48.7 Å². The Hall–Kier alpha value is -2.59. The Balaban J connectivity index is 1.89. The minimum absolute atomic E-state index is 0.165. The Kier molecular flexibility index (Phi) is 4.40. The first-order valence-corrected chi connectivity index (χ1v) is 8.02. The van der Waals surface area contributed by atoms with Gasteiger partial charge in [0.2, 0.25) is 0 Å². The van der Waals surface area contributed by atoms with Gasteiger partial charge in [-0.2, -0.15) is 5.10 Å². The van der Waals surface area contributed by atoms with E-state index in [2.05, 4.69) is 10.4 Å². The Bertz CT molecular complexity index is 897. The van der Waals surface area contributed by atoms with Crippen LogP contribution in [-0.4, -0.2) is 15.7 Å². The van der Waals surface area contributed by atoms with Crippen LogP contribution >= 0.6 is 11.6 Å². The number of halogens is 1. The molecule has 1 N–H and O–H groups in total. The second-order valence-electron chi connectivity index (χ2n) is 5.80. The summed E-state index contributed by atoms with van der Waals surface area (Å²) in [5.74, 6) is -0.165. The number of nitrogens with one attached hydrogen (secondary N) is 1. The Morgan fingerprint density at radius 1 is 1.08 bits per heavy atom. The van der Waals surface area contributed by atoms with E-state index in [1.165, 1.54) is 0 Å². The molecule has 5 heteroatoms. The van der Waals surface area contributed by atoms with Gasteiger partial charge < -0.3 is 5.32 Å². The van der Waals surface area contributed by atoms with Crippen LogP contribution in [0.4, 0.5) is 5.69 Å². The summed E-state index contributed by atoms with van der Waals surface area (Å²) < 4.78 is 1.73. The summed E-state index contributed by atoms with van der Waals surface area (Å²) in [7, 11) is 0. The molecule has 122 valence electrons. The van der Waals surface area contributed by atoms with Gasteiger partial charge in [-0.3, -0.25) is 4.79 Å². The van der Waals surface area contributed by atoms with Crippen molar-refractivity contribution in [1.29, 1.82) is 0 Å². The lowest BCUT2D eigenvalue weighted by molar-refractivity contribution is 0.102. The Labute approximate surface area is 146 Å². The van der Waals surface area contributed by atoms with Gasteiger partial charge in [-0.1, -0.05) is 23.7 Å². The van der Waals surface area contributed by atoms with Crippen molar-refractivity contribution in [3.05, 3.63) is 76.1 Å². The molecule has 1 heterocycles. The first-order chi connectivity index (χ1) is 11.5. The zero-order valence-corrected chi connectivity index (χ0v) is 14.6. The average Bonchev–Trinajstić information content (AvgIpc) is 2.93. The largest absolute Gasteiger partial charge is 0.322 e. The quantitative estimate of drug-likeness (QED) is 0.751. The summed E-state index contributed by atoms with van der Waals surface area (Å²) in [6, 6.07) is 13.3. The third-order valence-corrected chi connectivity index (χ3v) is 4.22. The third kappa shape index (κ3) is 3.19. The van der Waals surface area contributed by atoms with Gasteiger partial charge in [0, 0.05) is 10.7 Å². The number of carbonyl (C=O) groups is 1. The number of rotatable bonds is 3. The average molecular weight is 340 g/mol.